The van der Waals surface area contributed by atoms with Crippen molar-refractivity contribution in [2.45, 2.75) is 0 Å². The van der Waals surface area contributed by atoms with Crippen LogP contribution in [0, 0.1) is 0 Å². The van der Waals surface area contributed by atoms with Crippen LogP contribution >= 0.6 is 50.9 Å². The fraction of sp³-hybridized carbons (Fsp3) is 0. The Labute approximate surface area is 153 Å². The van der Waals surface area contributed by atoms with Crippen LogP contribution < -0.4 is 0 Å². The summed E-state index contributed by atoms with van der Waals surface area (Å²) in [4.78, 5) is 0. The van der Waals surface area contributed by atoms with E-state index in [1.54, 1.807) is 0 Å². The molecule has 0 N–H and O–H groups in total. The predicted molar refractivity (Wildman–Crippen MR) is 56.6 cm³/mol. The summed E-state index contributed by atoms with van der Waals surface area (Å²) in [5, 5.41) is 0. The molecule has 0 aromatic heterocycles. The van der Waals surface area contributed by atoms with Crippen LogP contribution in [0.25, 0.3) is 0 Å². The minimum absolute atomic E-state index is 0. The predicted octanol–water partition coefficient (Wildman–Crippen LogP) is -1.01. The van der Waals surface area contributed by atoms with Gasteiger partial charge in [-0.3, -0.25) is 0 Å². The summed E-state index contributed by atoms with van der Waals surface area (Å²) in [6, 6.07) is 0. The normalized spacial score (nSPS) is 0. The van der Waals surface area contributed by atoms with E-state index < -0.39 is 0 Å². The van der Waals surface area contributed by atoms with Gasteiger partial charge in [0, 0.05) is 0 Å². The van der Waals surface area contributed by atoms with Crippen molar-refractivity contribution < 1.29 is 0 Å². The van der Waals surface area contributed by atoms with E-state index in [0.29, 0.717) is 0 Å². The van der Waals surface area contributed by atoms with Gasteiger partial charge >= 0.3 is 106 Å². The zero-order chi connectivity index (χ0) is 0. The molecule has 0 atom stereocenters. The van der Waals surface area contributed by atoms with E-state index in [2.05, 4.69) is 0 Å². The van der Waals surface area contributed by atoms with Crippen LogP contribution in [0.2, 0.25) is 0 Å². The summed E-state index contributed by atoms with van der Waals surface area (Å²) in [6.45, 7) is 0. The molecule has 0 saturated carbocycles. The van der Waals surface area contributed by atoms with Gasteiger partial charge in [0.05, 0.1) is 0 Å². The summed E-state index contributed by atoms with van der Waals surface area (Å²) in [6.07, 6.45) is 0. The summed E-state index contributed by atoms with van der Waals surface area (Å²) in [5.74, 6) is 0. The molecule has 36 valence electrons. The number of hydrogen-bond acceptors (Lipinski definition) is 0. The van der Waals surface area contributed by atoms with Gasteiger partial charge in [-0.05, 0) is 0 Å². The Morgan fingerprint density at radius 3 is 0.667 bits per heavy atom. The summed E-state index contributed by atoms with van der Waals surface area (Å²) >= 11 is 0. The molecule has 0 aliphatic rings. The maximum absolute atomic E-state index is 0. The zero-order valence-electron chi connectivity index (χ0n) is 1.22. The van der Waals surface area contributed by atoms with Crippen LogP contribution in [-0.2, 0) is 0 Å². The molecular weight excluding hydrogens is 392 g/mol. The van der Waals surface area contributed by atoms with E-state index in [1.165, 1.54) is 0 Å². The first-order valence-electron chi connectivity index (χ1n) is 0. The van der Waals surface area contributed by atoms with Crippen molar-refractivity contribution in [2.75, 3.05) is 0 Å². The van der Waals surface area contributed by atoms with Crippen LogP contribution in [-0.4, -0.2) is 106 Å². The molecule has 0 aromatic rings. The quantitative estimate of drug-likeness (QED) is 0.457. The van der Waals surface area contributed by atoms with Gasteiger partial charge in [0.15, 0.2) is 0 Å². The van der Waals surface area contributed by atoms with Crippen molar-refractivity contribution in [3.63, 3.8) is 0 Å². The zero-order valence-corrected chi connectivity index (χ0v) is 6.36. The SMILES string of the molecule is Br.Br.Br.[CaH2].[MgH2].[SrH2]. The van der Waals surface area contributed by atoms with Gasteiger partial charge in [-0.15, -0.1) is 50.9 Å². The topological polar surface area (TPSA) is 0 Å². The van der Waals surface area contributed by atoms with Crippen LogP contribution in [0.1, 0.15) is 0 Å². The molecule has 0 spiro atoms. The van der Waals surface area contributed by atoms with Gasteiger partial charge in [0.1, 0.15) is 0 Å². The van der Waals surface area contributed by atoms with Crippen LogP contribution in [0.15, 0.2) is 0 Å². The molecule has 0 fully saturated rings. The van der Waals surface area contributed by atoms with E-state index in [-0.39, 0.29) is 157 Å². The van der Waals surface area contributed by atoms with Crippen molar-refractivity contribution in [3.05, 3.63) is 0 Å². The molecule has 0 saturated heterocycles. The molecule has 6 heavy (non-hydrogen) atoms. The van der Waals surface area contributed by atoms with Gasteiger partial charge < -0.3 is 0 Å². The molecule has 0 aromatic carbocycles. The van der Waals surface area contributed by atoms with E-state index in [1.807, 2.05) is 0 Å². The fourth-order valence-electron chi connectivity index (χ4n) is 0. The second kappa shape index (κ2) is 32.5. The Hall–Kier alpha value is 4.95. The van der Waals surface area contributed by atoms with Crippen molar-refractivity contribution >= 4 is 157 Å². The Balaban J connectivity index is 0. The van der Waals surface area contributed by atoms with Gasteiger partial charge in [0.2, 0.25) is 0 Å². The molecule has 0 aliphatic carbocycles. The first-order valence-corrected chi connectivity index (χ1v) is 0. The Morgan fingerprint density at radius 2 is 0.667 bits per heavy atom. The van der Waals surface area contributed by atoms with Gasteiger partial charge in [0.25, 0.3) is 0 Å². The molecular formula is H9Br3CaMgSr. The molecule has 6 heteroatoms. The standard InChI is InChI=1S/3BrH.Ca.Mg.Sr.6H/h3*1H;;;;;;;;;. The summed E-state index contributed by atoms with van der Waals surface area (Å²) in [7, 11) is 0. The average Bonchev–Trinajstić information content (AvgIpc) is 0. The van der Waals surface area contributed by atoms with Crippen LogP contribution in [0.5, 0.6) is 0 Å². The Kier molecular flexibility index (Phi) is 240. The molecule has 0 rings (SSSR count). The second-order valence-corrected chi connectivity index (χ2v) is 0. The van der Waals surface area contributed by atoms with Crippen molar-refractivity contribution in [2.24, 2.45) is 0 Å². The maximum atomic E-state index is 0. The number of halogens is 3. The monoisotopic (exact) mass is 398 g/mol. The van der Waals surface area contributed by atoms with Crippen LogP contribution in [0.4, 0.5) is 0 Å². The Bertz CT molecular complexity index is 10.8. The summed E-state index contributed by atoms with van der Waals surface area (Å²) < 4.78 is 0. The minimum atomic E-state index is 0. The molecule has 0 heterocycles. The van der Waals surface area contributed by atoms with E-state index >= 15 is 0 Å². The number of rotatable bonds is 0. The van der Waals surface area contributed by atoms with Crippen molar-refractivity contribution in [1.29, 1.82) is 0 Å². The fourth-order valence-corrected chi connectivity index (χ4v) is 0. The van der Waals surface area contributed by atoms with Crippen LogP contribution in [0.3, 0.4) is 0 Å². The molecule has 0 aliphatic heterocycles. The third-order valence-electron chi connectivity index (χ3n) is 0. The van der Waals surface area contributed by atoms with Gasteiger partial charge in [-0.2, -0.15) is 0 Å². The van der Waals surface area contributed by atoms with E-state index in [9.17, 15) is 0 Å². The van der Waals surface area contributed by atoms with Gasteiger partial charge in [-0.25, -0.2) is 0 Å². The average molecular weight is 401 g/mol. The number of hydrogen-bond donors (Lipinski definition) is 0. The molecule has 0 amide bonds. The molecule has 0 nitrogen and oxygen atoms in total. The third-order valence-corrected chi connectivity index (χ3v) is 0. The first-order chi connectivity index (χ1) is 0. The van der Waals surface area contributed by atoms with Crippen molar-refractivity contribution in [1.82, 2.24) is 0 Å². The first kappa shape index (κ1) is 44.3. The van der Waals surface area contributed by atoms with Gasteiger partial charge in [-0.1, -0.05) is 0 Å². The second-order valence-electron chi connectivity index (χ2n) is 0. The van der Waals surface area contributed by atoms with E-state index in [4.69, 9.17) is 0 Å². The molecule has 0 bridgehead atoms. The molecule has 0 unspecified atom stereocenters. The summed E-state index contributed by atoms with van der Waals surface area (Å²) in [5.41, 5.74) is 0. The van der Waals surface area contributed by atoms with Crippen molar-refractivity contribution in [3.8, 4) is 0 Å². The molecule has 0 radical (unpaired) electrons. The third kappa shape index (κ3) is 23.1. The van der Waals surface area contributed by atoms with E-state index in [0.717, 1.165) is 0 Å². The Morgan fingerprint density at radius 1 is 0.667 bits per heavy atom.